The van der Waals surface area contributed by atoms with Crippen molar-refractivity contribution in [2.45, 2.75) is 19.5 Å². The van der Waals surface area contributed by atoms with Crippen LogP contribution in [0.4, 0.5) is 0 Å². The minimum Gasteiger partial charge on any atom is -0.294 e. The lowest BCUT2D eigenvalue weighted by atomic mass is 10.2. The third-order valence-corrected chi connectivity index (χ3v) is 3.52. The van der Waals surface area contributed by atoms with Crippen molar-refractivity contribution in [3.05, 3.63) is 52.5 Å². The van der Waals surface area contributed by atoms with Gasteiger partial charge in [-0.25, -0.2) is 0 Å². The molecular formula is C13H16N2S. The smallest absolute Gasteiger partial charge is 0.0572 e. The lowest BCUT2D eigenvalue weighted by Crippen LogP contribution is -2.22. The highest BCUT2D eigenvalue weighted by Crippen LogP contribution is 2.19. The Balaban J connectivity index is 2.02. The van der Waals surface area contributed by atoms with Gasteiger partial charge in [-0.05, 0) is 48.5 Å². The van der Waals surface area contributed by atoms with Gasteiger partial charge in [-0.3, -0.25) is 9.88 Å². The van der Waals surface area contributed by atoms with E-state index in [2.05, 4.69) is 46.7 Å². The molecule has 0 aliphatic carbocycles. The summed E-state index contributed by atoms with van der Waals surface area (Å²) >= 11 is 1.75. The summed E-state index contributed by atoms with van der Waals surface area (Å²) in [7, 11) is 2.14. The molecule has 0 aliphatic heterocycles. The van der Waals surface area contributed by atoms with E-state index in [1.807, 2.05) is 18.3 Å². The quantitative estimate of drug-likeness (QED) is 0.803. The van der Waals surface area contributed by atoms with Crippen molar-refractivity contribution in [1.82, 2.24) is 9.88 Å². The Morgan fingerprint density at radius 3 is 2.88 bits per heavy atom. The minimum atomic E-state index is 0.348. The number of thiophene rings is 1. The molecule has 2 heterocycles. The second-order valence-electron chi connectivity index (χ2n) is 3.98. The highest BCUT2D eigenvalue weighted by Gasteiger charge is 2.12. The van der Waals surface area contributed by atoms with Crippen LogP contribution in [0.25, 0.3) is 0 Å². The predicted octanol–water partition coefficient (Wildman–Crippen LogP) is 3.34. The van der Waals surface area contributed by atoms with Gasteiger partial charge in [0.1, 0.15) is 0 Å². The molecule has 2 nitrogen and oxygen atoms in total. The van der Waals surface area contributed by atoms with Gasteiger partial charge in [0.25, 0.3) is 0 Å². The van der Waals surface area contributed by atoms with E-state index in [1.165, 1.54) is 5.56 Å². The molecule has 0 spiro atoms. The molecule has 0 aromatic carbocycles. The molecule has 16 heavy (non-hydrogen) atoms. The van der Waals surface area contributed by atoms with E-state index in [0.717, 1.165) is 12.2 Å². The van der Waals surface area contributed by atoms with Gasteiger partial charge in [-0.1, -0.05) is 6.07 Å². The maximum Gasteiger partial charge on any atom is 0.0572 e. The molecule has 0 N–H and O–H groups in total. The Hall–Kier alpha value is -1.19. The largest absolute Gasteiger partial charge is 0.294 e. The highest BCUT2D eigenvalue weighted by molar-refractivity contribution is 7.07. The summed E-state index contributed by atoms with van der Waals surface area (Å²) in [5, 5.41) is 4.32. The zero-order chi connectivity index (χ0) is 11.4. The summed E-state index contributed by atoms with van der Waals surface area (Å²) in [5.74, 6) is 0. The highest BCUT2D eigenvalue weighted by atomic mass is 32.1. The number of nitrogens with zero attached hydrogens (tertiary/aromatic N) is 2. The van der Waals surface area contributed by atoms with Gasteiger partial charge >= 0.3 is 0 Å². The molecule has 0 amide bonds. The van der Waals surface area contributed by atoms with E-state index in [0.29, 0.717) is 6.04 Å². The lowest BCUT2D eigenvalue weighted by Gasteiger charge is -2.23. The molecule has 1 atom stereocenters. The Bertz CT molecular complexity index is 411. The number of pyridine rings is 1. The van der Waals surface area contributed by atoms with Crippen LogP contribution in [0.5, 0.6) is 0 Å². The van der Waals surface area contributed by atoms with Crippen LogP contribution in [0.2, 0.25) is 0 Å². The van der Waals surface area contributed by atoms with Crippen molar-refractivity contribution in [1.29, 1.82) is 0 Å². The average Bonchev–Trinajstić information content (AvgIpc) is 2.82. The Morgan fingerprint density at radius 2 is 2.25 bits per heavy atom. The SMILES string of the molecule is CC(c1ccccn1)N(C)Cc1ccsc1. The monoisotopic (exact) mass is 232 g/mol. The number of rotatable bonds is 4. The summed E-state index contributed by atoms with van der Waals surface area (Å²) < 4.78 is 0. The summed E-state index contributed by atoms with van der Waals surface area (Å²) in [5.41, 5.74) is 2.50. The fourth-order valence-electron chi connectivity index (χ4n) is 1.66. The Labute approximate surface area is 101 Å². The van der Waals surface area contributed by atoms with Crippen LogP contribution in [0.3, 0.4) is 0 Å². The van der Waals surface area contributed by atoms with Crippen molar-refractivity contribution >= 4 is 11.3 Å². The topological polar surface area (TPSA) is 16.1 Å². The number of aromatic nitrogens is 1. The first-order valence-corrected chi connectivity index (χ1v) is 6.34. The Kier molecular flexibility index (Phi) is 3.70. The molecule has 0 saturated carbocycles. The van der Waals surface area contributed by atoms with Gasteiger partial charge in [-0.15, -0.1) is 0 Å². The van der Waals surface area contributed by atoms with Crippen molar-refractivity contribution in [2.24, 2.45) is 0 Å². The molecule has 2 rings (SSSR count). The summed E-state index contributed by atoms with van der Waals surface area (Å²) in [6.45, 7) is 3.16. The molecule has 0 bridgehead atoms. The molecule has 0 aliphatic rings. The molecule has 0 radical (unpaired) electrons. The van der Waals surface area contributed by atoms with Gasteiger partial charge < -0.3 is 0 Å². The molecule has 1 unspecified atom stereocenters. The van der Waals surface area contributed by atoms with Gasteiger partial charge in [-0.2, -0.15) is 11.3 Å². The summed E-state index contributed by atoms with van der Waals surface area (Å²) in [6, 6.07) is 8.59. The molecule has 0 saturated heterocycles. The van der Waals surface area contributed by atoms with Crippen LogP contribution in [-0.2, 0) is 6.54 Å². The number of hydrogen-bond donors (Lipinski definition) is 0. The van der Waals surface area contributed by atoms with Crippen LogP contribution in [0, 0.1) is 0 Å². The molecule has 84 valence electrons. The van der Waals surface area contributed by atoms with E-state index >= 15 is 0 Å². The van der Waals surface area contributed by atoms with Crippen molar-refractivity contribution < 1.29 is 0 Å². The second kappa shape index (κ2) is 5.23. The van der Waals surface area contributed by atoms with Gasteiger partial charge in [0, 0.05) is 18.8 Å². The van der Waals surface area contributed by atoms with Gasteiger partial charge in [0.2, 0.25) is 0 Å². The van der Waals surface area contributed by atoms with Crippen LogP contribution < -0.4 is 0 Å². The van der Waals surface area contributed by atoms with Gasteiger partial charge in [0.05, 0.1) is 5.69 Å². The molecular weight excluding hydrogens is 216 g/mol. The first kappa shape index (κ1) is 11.3. The average molecular weight is 232 g/mol. The maximum absolute atomic E-state index is 4.39. The molecule has 3 heteroatoms. The fraction of sp³-hybridized carbons (Fsp3) is 0.308. The first-order valence-electron chi connectivity index (χ1n) is 5.39. The van der Waals surface area contributed by atoms with Gasteiger partial charge in [0.15, 0.2) is 0 Å². The molecule has 0 fully saturated rings. The summed E-state index contributed by atoms with van der Waals surface area (Å²) in [4.78, 5) is 6.70. The maximum atomic E-state index is 4.39. The third kappa shape index (κ3) is 2.68. The van der Waals surface area contributed by atoms with Crippen LogP contribution in [0.1, 0.15) is 24.2 Å². The van der Waals surface area contributed by atoms with Crippen LogP contribution >= 0.6 is 11.3 Å². The van der Waals surface area contributed by atoms with E-state index in [9.17, 15) is 0 Å². The standard InChI is InChI=1S/C13H16N2S/c1-11(13-5-3-4-7-14-13)15(2)9-12-6-8-16-10-12/h3-8,10-11H,9H2,1-2H3. The van der Waals surface area contributed by atoms with E-state index in [4.69, 9.17) is 0 Å². The predicted molar refractivity (Wildman–Crippen MR) is 68.4 cm³/mol. The van der Waals surface area contributed by atoms with Crippen molar-refractivity contribution in [2.75, 3.05) is 7.05 Å². The van der Waals surface area contributed by atoms with E-state index in [-0.39, 0.29) is 0 Å². The van der Waals surface area contributed by atoms with E-state index in [1.54, 1.807) is 11.3 Å². The number of hydrogen-bond acceptors (Lipinski definition) is 3. The minimum absolute atomic E-state index is 0.348. The fourth-order valence-corrected chi connectivity index (χ4v) is 2.32. The van der Waals surface area contributed by atoms with E-state index < -0.39 is 0 Å². The summed E-state index contributed by atoms with van der Waals surface area (Å²) in [6.07, 6.45) is 1.85. The zero-order valence-electron chi connectivity index (χ0n) is 9.63. The Morgan fingerprint density at radius 1 is 1.38 bits per heavy atom. The van der Waals surface area contributed by atoms with Crippen LogP contribution in [-0.4, -0.2) is 16.9 Å². The molecule has 2 aromatic rings. The lowest BCUT2D eigenvalue weighted by molar-refractivity contribution is 0.249. The zero-order valence-corrected chi connectivity index (χ0v) is 10.4. The van der Waals surface area contributed by atoms with Crippen molar-refractivity contribution in [3.63, 3.8) is 0 Å². The van der Waals surface area contributed by atoms with Crippen LogP contribution in [0.15, 0.2) is 41.2 Å². The first-order chi connectivity index (χ1) is 7.77. The normalized spacial score (nSPS) is 12.9. The second-order valence-corrected chi connectivity index (χ2v) is 4.76. The molecule has 2 aromatic heterocycles. The third-order valence-electron chi connectivity index (χ3n) is 2.79. The van der Waals surface area contributed by atoms with Crippen molar-refractivity contribution in [3.8, 4) is 0 Å².